The van der Waals surface area contributed by atoms with Crippen LogP contribution in [0.1, 0.15) is 38.5 Å². The van der Waals surface area contributed by atoms with E-state index in [0.29, 0.717) is 19.4 Å². The molecule has 5 heteroatoms. The minimum Gasteiger partial charge on any atom is -0.359 e. The van der Waals surface area contributed by atoms with Crippen LogP contribution in [0.4, 0.5) is 0 Å². The summed E-state index contributed by atoms with van der Waals surface area (Å²) in [6.45, 7) is 1.14. The quantitative estimate of drug-likeness (QED) is 0.492. The lowest BCUT2D eigenvalue weighted by Gasteiger charge is -2.04. The van der Waals surface area contributed by atoms with E-state index in [2.05, 4.69) is 10.6 Å². The number of hydrogen-bond donors (Lipinski definition) is 3. The van der Waals surface area contributed by atoms with Gasteiger partial charge in [-0.1, -0.05) is 12.8 Å². The second-order valence-electron chi connectivity index (χ2n) is 3.73. The van der Waals surface area contributed by atoms with E-state index in [1.165, 1.54) is 0 Å². The molecule has 0 aromatic heterocycles. The van der Waals surface area contributed by atoms with Crippen LogP contribution in [0, 0.1) is 0 Å². The molecule has 0 spiro atoms. The van der Waals surface area contributed by atoms with E-state index in [-0.39, 0.29) is 11.8 Å². The first-order valence-corrected chi connectivity index (χ1v) is 5.88. The average Bonchev–Trinajstić information content (AvgIpc) is 2.28. The van der Waals surface area contributed by atoms with Crippen molar-refractivity contribution in [3.63, 3.8) is 0 Å². The first kappa shape index (κ1) is 14.9. The highest BCUT2D eigenvalue weighted by molar-refractivity contribution is 5.78. The molecule has 0 aromatic rings. The molecule has 0 aliphatic carbocycles. The van der Waals surface area contributed by atoms with Crippen molar-refractivity contribution < 1.29 is 9.59 Å². The Bertz CT molecular complexity index is 207. The summed E-state index contributed by atoms with van der Waals surface area (Å²) in [4.78, 5) is 22.1. The smallest absolute Gasteiger partial charge is 0.221 e. The molecule has 0 aromatic carbocycles. The van der Waals surface area contributed by atoms with Crippen LogP contribution in [0.15, 0.2) is 0 Å². The van der Waals surface area contributed by atoms with Crippen LogP contribution in [0.3, 0.4) is 0 Å². The SMILES string of the molecule is CNC(=O)CCNC(=O)CCCCCCN. The monoisotopic (exact) mass is 229 g/mol. The van der Waals surface area contributed by atoms with Gasteiger partial charge in [-0.3, -0.25) is 9.59 Å². The number of hydrogen-bond acceptors (Lipinski definition) is 3. The second-order valence-corrected chi connectivity index (χ2v) is 3.73. The molecule has 0 radical (unpaired) electrons. The van der Waals surface area contributed by atoms with Crippen LogP contribution in [-0.4, -0.2) is 32.0 Å². The molecule has 2 amide bonds. The van der Waals surface area contributed by atoms with Crippen LogP contribution in [-0.2, 0) is 9.59 Å². The van der Waals surface area contributed by atoms with Gasteiger partial charge in [-0.15, -0.1) is 0 Å². The minimum absolute atomic E-state index is 0.0247. The Kier molecular flexibility index (Phi) is 9.70. The van der Waals surface area contributed by atoms with Crippen molar-refractivity contribution in [1.82, 2.24) is 10.6 Å². The van der Waals surface area contributed by atoms with Gasteiger partial charge in [-0.2, -0.15) is 0 Å². The van der Waals surface area contributed by atoms with Gasteiger partial charge < -0.3 is 16.4 Å². The third-order valence-corrected chi connectivity index (χ3v) is 2.31. The Labute approximate surface area is 97.2 Å². The van der Waals surface area contributed by atoms with Crippen molar-refractivity contribution in [3.8, 4) is 0 Å². The lowest BCUT2D eigenvalue weighted by molar-refractivity contribution is -0.122. The van der Waals surface area contributed by atoms with Crippen LogP contribution in [0.2, 0.25) is 0 Å². The summed E-state index contributed by atoms with van der Waals surface area (Å²) in [6, 6.07) is 0. The molecule has 0 saturated heterocycles. The average molecular weight is 229 g/mol. The van der Waals surface area contributed by atoms with E-state index in [1.54, 1.807) is 7.05 Å². The summed E-state index contributed by atoms with van der Waals surface area (Å²) in [5.41, 5.74) is 5.36. The van der Waals surface area contributed by atoms with Crippen molar-refractivity contribution in [1.29, 1.82) is 0 Å². The topological polar surface area (TPSA) is 84.2 Å². The maximum Gasteiger partial charge on any atom is 0.221 e. The molecule has 0 aliphatic rings. The minimum atomic E-state index is -0.0526. The molecule has 0 rings (SSSR count). The van der Waals surface area contributed by atoms with Crippen LogP contribution < -0.4 is 16.4 Å². The van der Waals surface area contributed by atoms with Gasteiger partial charge >= 0.3 is 0 Å². The van der Waals surface area contributed by atoms with Gasteiger partial charge in [0.1, 0.15) is 0 Å². The summed E-state index contributed by atoms with van der Waals surface area (Å²) in [6.07, 6.45) is 4.93. The predicted molar refractivity (Wildman–Crippen MR) is 63.8 cm³/mol. The third-order valence-electron chi connectivity index (χ3n) is 2.31. The molecule has 5 nitrogen and oxygen atoms in total. The fourth-order valence-electron chi connectivity index (χ4n) is 1.31. The van der Waals surface area contributed by atoms with Gasteiger partial charge in [-0.05, 0) is 19.4 Å². The van der Waals surface area contributed by atoms with Crippen molar-refractivity contribution in [2.45, 2.75) is 38.5 Å². The van der Waals surface area contributed by atoms with Gasteiger partial charge in [-0.25, -0.2) is 0 Å². The number of nitrogens with two attached hydrogens (primary N) is 1. The van der Waals surface area contributed by atoms with Gasteiger partial charge in [0.15, 0.2) is 0 Å². The van der Waals surface area contributed by atoms with E-state index >= 15 is 0 Å². The summed E-state index contributed by atoms with van der Waals surface area (Å²) in [5, 5.41) is 5.22. The van der Waals surface area contributed by atoms with Crippen LogP contribution >= 0.6 is 0 Å². The van der Waals surface area contributed by atoms with Gasteiger partial charge in [0.25, 0.3) is 0 Å². The van der Waals surface area contributed by atoms with Crippen molar-refractivity contribution in [3.05, 3.63) is 0 Å². The summed E-state index contributed by atoms with van der Waals surface area (Å²) in [5.74, 6) is -0.0279. The highest BCUT2D eigenvalue weighted by Crippen LogP contribution is 2.01. The fourth-order valence-corrected chi connectivity index (χ4v) is 1.31. The van der Waals surface area contributed by atoms with Crippen LogP contribution in [0.25, 0.3) is 0 Å². The molecule has 0 saturated carbocycles. The number of nitrogens with one attached hydrogen (secondary N) is 2. The van der Waals surface area contributed by atoms with E-state index in [1.807, 2.05) is 0 Å². The van der Waals surface area contributed by atoms with Gasteiger partial charge in [0.05, 0.1) is 0 Å². The van der Waals surface area contributed by atoms with E-state index in [4.69, 9.17) is 5.73 Å². The molecule has 4 N–H and O–H groups in total. The number of unbranched alkanes of at least 4 members (excludes halogenated alkanes) is 3. The zero-order chi connectivity index (χ0) is 12.2. The second kappa shape index (κ2) is 10.4. The normalized spacial score (nSPS) is 9.88. The third kappa shape index (κ3) is 9.45. The van der Waals surface area contributed by atoms with Gasteiger partial charge in [0.2, 0.25) is 11.8 Å². The zero-order valence-corrected chi connectivity index (χ0v) is 10.1. The van der Waals surface area contributed by atoms with Crippen molar-refractivity contribution in [2.75, 3.05) is 20.1 Å². The highest BCUT2D eigenvalue weighted by Gasteiger charge is 2.02. The Balaban J connectivity index is 3.28. The van der Waals surface area contributed by atoms with E-state index in [0.717, 1.165) is 32.2 Å². The molecular formula is C11H23N3O2. The first-order chi connectivity index (χ1) is 7.70. The number of carbonyl (C=O) groups is 2. The standard InChI is InChI=1S/C11H23N3O2/c1-13-10(15)7-9-14-11(16)6-4-2-3-5-8-12/h2-9,12H2,1H3,(H,13,15)(H,14,16). The molecule has 0 heterocycles. The Morgan fingerprint density at radius 2 is 1.69 bits per heavy atom. The van der Waals surface area contributed by atoms with Crippen LogP contribution in [0.5, 0.6) is 0 Å². The van der Waals surface area contributed by atoms with E-state index < -0.39 is 0 Å². The maximum atomic E-state index is 11.3. The largest absolute Gasteiger partial charge is 0.359 e. The maximum absolute atomic E-state index is 11.3. The molecule has 94 valence electrons. The Morgan fingerprint density at radius 1 is 1.00 bits per heavy atom. The van der Waals surface area contributed by atoms with Crippen molar-refractivity contribution >= 4 is 11.8 Å². The Morgan fingerprint density at radius 3 is 2.31 bits per heavy atom. The Hall–Kier alpha value is -1.10. The van der Waals surface area contributed by atoms with E-state index in [9.17, 15) is 9.59 Å². The molecule has 16 heavy (non-hydrogen) atoms. The number of rotatable bonds is 9. The first-order valence-electron chi connectivity index (χ1n) is 5.88. The summed E-state index contributed by atoms with van der Waals surface area (Å²) >= 11 is 0. The van der Waals surface area contributed by atoms with Crippen molar-refractivity contribution in [2.24, 2.45) is 5.73 Å². The zero-order valence-electron chi connectivity index (χ0n) is 10.1. The van der Waals surface area contributed by atoms with Gasteiger partial charge in [0, 0.05) is 26.4 Å². The number of amides is 2. The predicted octanol–water partition coefficient (Wildman–Crippen LogP) is 0.148. The molecule has 0 unspecified atom stereocenters. The lowest BCUT2D eigenvalue weighted by atomic mass is 10.1. The molecule has 0 bridgehead atoms. The lowest BCUT2D eigenvalue weighted by Crippen LogP contribution is -2.28. The summed E-state index contributed by atoms with van der Waals surface area (Å²) in [7, 11) is 1.58. The summed E-state index contributed by atoms with van der Waals surface area (Å²) < 4.78 is 0. The molecule has 0 fully saturated rings. The number of carbonyl (C=O) groups excluding carboxylic acids is 2. The fraction of sp³-hybridized carbons (Fsp3) is 0.818. The highest BCUT2D eigenvalue weighted by atomic mass is 16.2. The molecular weight excluding hydrogens is 206 g/mol. The molecule has 0 atom stereocenters. The molecule has 0 aliphatic heterocycles.